The third kappa shape index (κ3) is 6.51. The third-order valence-corrected chi connectivity index (χ3v) is 5.35. The Morgan fingerprint density at radius 3 is 2.48 bits per heavy atom. The van der Waals surface area contributed by atoms with Crippen LogP contribution in [0.15, 0.2) is 46.3 Å². The van der Waals surface area contributed by atoms with Crippen molar-refractivity contribution in [3.05, 3.63) is 56.7 Å². The van der Waals surface area contributed by atoms with E-state index in [4.69, 9.17) is 0 Å². The van der Waals surface area contributed by atoms with Crippen molar-refractivity contribution in [1.82, 2.24) is 15.1 Å². The van der Waals surface area contributed by atoms with Crippen LogP contribution in [0.25, 0.3) is 0 Å². The fraction of sp³-hybridized carbons (Fsp3) is 0.333. The van der Waals surface area contributed by atoms with Gasteiger partial charge in [-0.1, -0.05) is 30.3 Å². The maximum atomic E-state index is 12.2. The Bertz CT molecular complexity index is 705. The summed E-state index contributed by atoms with van der Waals surface area (Å²) in [5.41, 5.74) is 1.07. The number of nitrogens with one attached hydrogen (secondary N) is 1. The van der Waals surface area contributed by atoms with Crippen LogP contribution in [0.5, 0.6) is 0 Å². The summed E-state index contributed by atoms with van der Waals surface area (Å²) in [5.74, 6) is 0.00975. The first-order valence-electron chi connectivity index (χ1n) is 7.95. The van der Waals surface area contributed by atoms with Crippen LogP contribution in [0.3, 0.4) is 0 Å². The zero-order chi connectivity index (χ0) is 18.2. The van der Waals surface area contributed by atoms with Crippen LogP contribution in [-0.4, -0.2) is 42.4 Å². The second-order valence-electron chi connectivity index (χ2n) is 5.80. The number of amides is 3. The molecule has 0 atom stereocenters. The third-order valence-electron chi connectivity index (χ3n) is 3.66. The molecule has 0 bridgehead atoms. The van der Waals surface area contributed by atoms with Crippen LogP contribution in [-0.2, 0) is 17.9 Å². The summed E-state index contributed by atoms with van der Waals surface area (Å²) in [6, 6.07) is 11.6. The summed E-state index contributed by atoms with van der Waals surface area (Å²) in [5, 5.41) is 4.79. The van der Waals surface area contributed by atoms with Crippen LogP contribution >= 0.6 is 27.3 Å². The number of carbonyl (C=O) groups is 2. The van der Waals surface area contributed by atoms with E-state index in [1.165, 1.54) is 0 Å². The number of rotatable bonds is 7. The summed E-state index contributed by atoms with van der Waals surface area (Å²) in [7, 11) is 3.52. The van der Waals surface area contributed by atoms with Crippen molar-refractivity contribution in [2.24, 2.45) is 0 Å². The van der Waals surface area contributed by atoms with E-state index in [9.17, 15) is 9.59 Å². The monoisotopic (exact) mass is 423 g/mol. The van der Waals surface area contributed by atoms with Gasteiger partial charge < -0.3 is 15.1 Å². The van der Waals surface area contributed by atoms with E-state index in [1.54, 1.807) is 35.2 Å². The minimum Gasteiger partial charge on any atom is -0.341 e. The summed E-state index contributed by atoms with van der Waals surface area (Å²) < 4.78 is 1.03. The smallest absolute Gasteiger partial charge is 0.317 e. The number of carbonyl (C=O) groups excluding carboxylic acids is 2. The second kappa shape index (κ2) is 9.58. The summed E-state index contributed by atoms with van der Waals surface area (Å²) >= 11 is 5.02. The second-order valence-corrected chi connectivity index (χ2v) is 7.72. The van der Waals surface area contributed by atoms with E-state index in [-0.39, 0.29) is 18.4 Å². The average molecular weight is 424 g/mol. The normalized spacial score (nSPS) is 10.4. The minimum atomic E-state index is -0.179. The highest BCUT2D eigenvalue weighted by atomic mass is 79.9. The molecule has 0 aliphatic rings. The molecule has 3 amide bonds. The lowest BCUT2D eigenvalue weighted by Gasteiger charge is -2.19. The van der Waals surface area contributed by atoms with E-state index >= 15 is 0 Å². The van der Waals surface area contributed by atoms with Crippen molar-refractivity contribution in [1.29, 1.82) is 0 Å². The molecule has 1 aromatic heterocycles. The standard InChI is InChI=1S/C18H22BrN3O2S/c1-21(12-16-10-15(19)13-25-16)17(23)8-9-20-18(24)22(2)11-14-6-4-3-5-7-14/h3-7,10,13H,8-9,11-12H2,1-2H3,(H,20,24). The highest BCUT2D eigenvalue weighted by Gasteiger charge is 2.12. The molecule has 0 unspecified atom stereocenters. The summed E-state index contributed by atoms with van der Waals surface area (Å²) in [6.07, 6.45) is 0.286. The van der Waals surface area contributed by atoms with E-state index < -0.39 is 0 Å². The van der Waals surface area contributed by atoms with Gasteiger partial charge >= 0.3 is 6.03 Å². The Morgan fingerprint density at radius 1 is 1.12 bits per heavy atom. The lowest BCUT2D eigenvalue weighted by molar-refractivity contribution is -0.130. The predicted molar refractivity (Wildman–Crippen MR) is 104 cm³/mol. The van der Waals surface area contributed by atoms with Gasteiger partial charge in [0.2, 0.25) is 5.91 Å². The van der Waals surface area contributed by atoms with Gasteiger partial charge in [0, 0.05) is 48.3 Å². The molecule has 1 N–H and O–H groups in total. The zero-order valence-corrected chi connectivity index (χ0v) is 16.8. The van der Waals surface area contributed by atoms with Crippen molar-refractivity contribution >= 4 is 39.2 Å². The number of benzene rings is 1. The lowest BCUT2D eigenvalue weighted by Crippen LogP contribution is -2.39. The van der Waals surface area contributed by atoms with Gasteiger partial charge in [-0.2, -0.15) is 0 Å². The van der Waals surface area contributed by atoms with Crippen LogP contribution in [0.1, 0.15) is 16.9 Å². The number of hydrogen-bond acceptors (Lipinski definition) is 3. The molecule has 0 radical (unpaired) electrons. The van der Waals surface area contributed by atoms with Crippen molar-refractivity contribution in [3.8, 4) is 0 Å². The quantitative estimate of drug-likeness (QED) is 0.737. The topological polar surface area (TPSA) is 52.7 Å². The number of halogens is 1. The van der Waals surface area contributed by atoms with Gasteiger partial charge in [0.1, 0.15) is 0 Å². The Labute approximate surface area is 160 Å². The molecule has 2 aromatic rings. The molecule has 7 heteroatoms. The van der Waals surface area contributed by atoms with Crippen molar-refractivity contribution in [2.75, 3.05) is 20.6 Å². The SMILES string of the molecule is CN(Cc1cc(Br)cs1)C(=O)CCNC(=O)N(C)Cc1ccccc1. The maximum Gasteiger partial charge on any atom is 0.317 e. The highest BCUT2D eigenvalue weighted by molar-refractivity contribution is 9.10. The van der Waals surface area contributed by atoms with Crippen molar-refractivity contribution < 1.29 is 9.59 Å². The van der Waals surface area contributed by atoms with Crippen molar-refractivity contribution in [3.63, 3.8) is 0 Å². The molecule has 0 spiro atoms. The van der Waals surface area contributed by atoms with E-state index in [0.717, 1.165) is 14.9 Å². The van der Waals surface area contributed by atoms with Crippen LogP contribution in [0.2, 0.25) is 0 Å². The Morgan fingerprint density at radius 2 is 1.84 bits per heavy atom. The molecule has 1 aromatic carbocycles. The molecule has 25 heavy (non-hydrogen) atoms. The Kier molecular flexibility index (Phi) is 7.46. The first-order valence-corrected chi connectivity index (χ1v) is 9.62. The molecule has 134 valence electrons. The number of hydrogen-bond donors (Lipinski definition) is 1. The van der Waals surface area contributed by atoms with Gasteiger partial charge in [0.15, 0.2) is 0 Å². The molecule has 0 saturated heterocycles. The van der Waals surface area contributed by atoms with Gasteiger partial charge in [-0.05, 0) is 27.6 Å². The lowest BCUT2D eigenvalue weighted by atomic mass is 10.2. The highest BCUT2D eigenvalue weighted by Crippen LogP contribution is 2.20. The van der Waals surface area contributed by atoms with Gasteiger partial charge in [-0.25, -0.2) is 4.79 Å². The van der Waals surface area contributed by atoms with Gasteiger partial charge in [0.25, 0.3) is 0 Å². The van der Waals surface area contributed by atoms with Crippen LogP contribution in [0, 0.1) is 0 Å². The molecule has 1 heterocycles. The van der Waals surface area contributed by atoms with E-state index in [1.807, 2.05) is 41.8 Å². The fourth-order valence-electron chi connectivity index (χ4n) is 2.29. The maximum absolute atomic E-state index is 12.2. The molecular formula is C18H22BrN3O2S. The molecule has 0 saturated carbocycles. The van der Waals surface area contributed by atoms with E-state index in [0.29, 0.717) is 19.6 Å². The molecule has 5 nitrogen and oxygen atoms in total. The Balaban J connectivity index is 1.70. The first-order chi connectivity index (χ1) is 12.0. The molecule has 0 fully saturated rings. The zero-order valence-electron chi connectivity index (χ0n) is 14.4. The summed E-state index contributed by atoms with van der Waals surface area (Å²) in [6.45, 7) is 1.44. The van der Waals surface area contributed by atoms with Crippen LogP contribution < -0.4 is 5.32 Å². The molecular weight excluding hydrogens is 402 g/mol. The van der Waals surface area contributed by atoms with Gasteiger partial charge in [0.05, 0.1) is 6.54 Å². The summed E-state index contributed by atoms with van der Waals surface area (Å²) in [4.78, 5) is 28.6. The minimum absolute atomic E-state index is 0.00975. The molecule has 0 aliphatic carbocycles. The fourth-order valence-corrected chi connectivity index (χ4v) is 3.79. The van der Waals surface area contributed by atoms with Crippen LogP contribution in [0.4, 0.5) is 4.79 Å². The number of thiophene rings is 1. The van der Waals surface area contributed by atoms with Gasteiger partial charge in [-0.3, -0.25) is 4.79 Å². The number of nitrogens with zero attached hydrogens (tertiary/aromatic N) is 2. The predicted octanol–water partition coefficient (Wildman–Crippen LogP) is 3.70. The molecule has 2 rings (SSSR count). The Hall–Kier alpha value is -1.86. The molecule has 0 aliphatic heterocycles. The van der Waals surface area contributed by atoms with E-state index in [2.05, 4.69) is 21.2 Å². The average Bonchev–Trinajstić information content (AvgIpc) is 3.00. The number of urea groups is 1. The van der Waals surface area contributed by atoms with Crippen molar-refractivity contribution in [2.45, 2.75) is 19.5 Å². The first kappa shape index (κ1) is 19.5. The van der Waals surface area contributed by atoms with Gasteiger partial charge in [-0.15, -0.1) is 11.3 Å². The largest absolute Gasteiger partial charge is 0.341 e.